The Balaban J connectivity index is 1.84. The second-order valence-electron chi connectivity index (χ2n) is 6.11. The van der Waals surface area contributed by atoms with Gasteiger partial charge in [-0.1, -0.05) is 96.1 Å². The van der Waals surface area contributed by atoms with Crippen LogP contribution in [-0.2, 0) is 9.47 Å². The standard InChI is InChI=1S/C22H30O2S2/c1-3-15-23-21(19-11-7-5-8-12-19)17-25-26-18-22(24-16-4-2)20-13-9-6-10-14-20/h5-14,21-22H,3-4,15-18H2,1-2H3. The molecule has 142 valence electrons. The van der Waals surface area contributed by atoms with Crippen molar-refractivity contribution in [3.8, 4) is 0 Å². The molecule has 0 amide bonds. The van der Waals surface area contributed by atoms with E-state index in [0.717, 1.165) is 37.6 Å². The van der Waals surface area contributed by atoms with Crippen molar-refractivity contribution in [3.05, 3.63) is 71.8 Å². The molecule has 0 spiro atoms. The minimum atomic E-state index is 0.153. The molecule has 2 rings (SSSR count). The molecule has 0 aliphatic carbocycles. The summed E-state index contributed by atoms with van der Waals surface area (Å²) in [6.45, 7) is 5.91. The van der Waals surface area contributed by atoms with E-state index in [2.05, 4.69) is 74.5 Å². The average molecular weight is 391 g/mol. The Labute approximate surface area is 166 Å². The van der Waals surface area contributed by atoms with E-state index in [1.54, 1.807) is 0 Å². The van der Waals surface area contributed by atoms with Gasteiger partial charge < -0.3 is 9.47 Å². The van der Waals surface area contributed by atoms with Crippen LogP contribution in [0.15, 0.2) is 60.7 Å². The molecule has 2 aromatic rings. The Kier molecular flexibility index (Phi) is 10.9. The molecule has 26 heavy (non-hydrogen) atoms. The molecule has 0 heterocycles. The van der Waals surface area contributed by atoms with Crippen LogP contribution in [0.5, 0.6) is 0 Å². The molecule has 0 saturated heterocycles. The van der Waals surface area contributed by atoms with Gasteiger partial charge in [0.05, 0.1) is 12.2 Å². The molecule has 2 unspecified atom stereocenters. The first kappa shape index (κ1) is 21.4. The molecule has 0 radical (unpaired) electrons. The summed E-state index contributed by atoms with van der Waals surface area (Å²) in [5.74, 6) is 1.90. The lowest BCUT2D eigenvalue weighted by Gasteiger charge is -2.20. The average Bonchev–Trinajstić information content (AvgIpc) is 2.71. The van der Waals surface area contributed by atoms with Gasteiger partial charge in [0.25, 0.3) is 0 Å². The van der Waals surface area contributed by atoms with Crippen LogP contribution in [0.4, 0.5) is 0 Å². The van der Waals surface area contributed by atoms with E-state index < -0.39 is 0 Å². The molecule has 0 aliphatic heterocycles. The van der Waals surface area contributed by atoms with Gasteiger partial charge in [0.1, 0.15) is 0 Å². The lowest BCUT2D eigenvalue weighted by molar-refractivity contribution is 0.0691. The number of hydrogen-bond donors (Lipinski definition) is 0. The largest absolute Gasteiger partial charge is 0.373 e. The molecule has 2 atom stereocenters. The monoisotopic (exact) mass is 390 g/mol. The van der Waals surface area contributed by atoms with Crippen LogP contribution >= 0.6 is 21.6 Å². The summed E-state index contributed by atoms with van der Waals surface area (Å²) in [5.41, 5.74) is 2.52. The van der Waals surface area contributed by atoms with Gasteiger partial charge in [-0.05, 0) is 24.0 Å². The highest BCUT2D eigenvalue weighted by Gasteiger charge is 2.15. The number of benzene rings is 2. The first-order valence-corrected chi connectivity index (χ1v) is 11.9. The molecule has 0 aromatic heterocycles. The van der Waals surface area contributed by atoms with Crippen molar-refractivity contribution in [2.24, 2.45) is 0 Å². The molecule has 4 heteroatoms. The summed E-state index contributed by atoms with van der Waals surface area (Å²) in [4.78, 5) is 0. The van der Waals surface area contributed by atoms with E-state index in [9.17, 15) is 0 Å². The van der Waals surface area contributed by atoms with Crippen LogP contribution in [0.3, 0.4) is 0 Å². The van der Waals surface area contributed by atoms with Crippen molar-refractivity contribution >= 4 is 21.6 Å². The molecular formula is C22H30O2S2. The summed E-state index contributed by atoms with van der Waals surface area (Å²) >= 11 is 0. The normalized spacial score (nSPS) is 13.5. The summed E-state index contributed by atoms with van der Waals surface area (Å²) in [7, 11) is 3.75. The summed E-state index contributed by atoms with van der Waals surface area (Å²) in [5, 5.41) is 0. The Morgan fingerprint density at radius 2 is 1.04 bits per heavy atom. The Morgan fingerprint density at radius 1 is 0.654 bits per heavy atom. The van der Waals surface area contributed by atoms with E-state index in [4.69, 9.17) is 9.47 Å². The predicted molar refractivity (Wildman–Crippen MR) is 116 cm³/mol. The van der Waals surface area contributed by atoms with Crippen molar-refractivity contribution in [1.82, 2.24) is 0 Å². The number of rotatable bonds is 13. The van der Waals surface area contributed by atoms with Gasteiger partial charge in [0.15, 0.2) is 0 Å². The highest BCUT2D eigenvalue weighted by molar-refractivity contribution is 8.76. The second kappa shape index (κ2) is 13.3. The van der Waals surface area contributed by atoms with Crippen molar-refractivity contribution in [2.75, 3.05) is 24.7 Å². The topological polar surface area (TPSA) is 18.5 Å². The maximum Gasteiger partial charge on any atom is 0.0923 e. The summed E-state index contributed by atoms with van der Waals surface area (Å²) in [6.07, 6.45) is 2.39. The van der Waals surface area contributed by atoms with Gasteiger partial charge in [-0.2, -0.15) is 0 Å². The van der Waals surface area contributed by atoms with Crippen molar-refractivity contribution in [3.63, 3.8) is 0 Å². The lowest BCUT2D eigenvalue weighted by Crippen LogP contribution is -2.09. The molecular weight excluding hydrogens is 360 g/mol. The summed E-state index contributed by atoms with van der Waals surface area (Å²) in [6, 6.07) is 21.1. The third-order valence-corrected chi connectivity index (χ3v) is 6.27. The minimum absolute atomic E-state index is 0.153. The number of ether oxygens (including phenoxy) is 2. The fraction of sp³-hybridized carbons (Fsp3) is 0.455. The minimum Gasteiger partial charge on any atom is -0.373 e. The van der Waals surface area contributed by atoms with Gasteiger partial charge in [-0.25, -0.2) is 0 Å². The third kappa shape index (κ3) is 7.75. The predicted octanol–water partition coefficient (Wildman–Crippen LogP) is 6.70. The summed E-state index contributed by atoms with van der Waals surface area (Å²) < 4.78 is 12.1. The lowest BCUT2D eigenvalue weighted by atomic mass is 10.1. The van der Waals surface area contributed by atoms with Gasteiger partial charge in [-0.15, -0.1) is 0 Å². The zero-order chi connectivity index (χ0) is 18.5. The van der Waals surface area contributed by atoms with Crippen LogP contribution in [0, 0.1) is 0 Å². The smallest absolute Gasteiger partial charge is 0.0923 e. The Morgan fingerprint density at radius 3 is 1.38 bits per heavy atom. The molecule has 0 N–H and O–H groups in total. The van der Waals surface area contributed by atoms with E-state index >= 15 is 0 Å². The van der Waals surface area contributed by atoms with E-state index in [-0.39, 0.29) is 12.2 Å². The zero-order valence-corrected chi connectivity index (χ0v) is 17.4. The molecule has 2 aromatic carbocycles. The Bertz CT molecular complexity index is 524. The highest BCUT2D eigenvalue weighted by Crippen LogP contribution is 2.33. The zero-order valence-electron chi connectivity index (χ0n) is 15.8. The van der Waals surface area contributed by atoms with Crippen molar-refractivity contribution < 1.29 is 9.47 Å². The third-order valence-electron chi connectivity index (χ3n) is 3.91. The second-order valence-corrected chi connectivity index (χ2v) is 8.66. The van der Waals surface area contributed by atoms with Gasteiger partial charge in [0, 0.05) is 24.7 Å². The molecule has 0 saturated carbocycles. The van der Waals surface area contributed by atoms with Crippen LogP contribution < -0.4 is 0 Å². The van der Waals surface area contributed by atoms with Gasteiger partial charge in [0.2, 0.25) is 0 Å². The van der Waals surface area contributed by atoms with Crippen LogP contribution in [0.25, 0.3) is 0 Å². The van der Waals surface area contributed by atoms with Crippen LogP contribution in [0.2, 0.25) is 0 Å². The van der Waals surface area contributed by atoms with Crippen molar-refractivity contribution in [1.29, 1.82) is 0 Å². The Hall–Kier alpha value is -0.940. The van der Waals surface area contributed by atoms with Crippen molar-refractivity contribution in [2.45, 2.75) is 38.9 Å². The molecule has 0 bridgehead atoms. The van der Waals surface area contributed by atoms with E-state index in [0.29, 0.717) is 0 Å². The van der Waals surface area contributed by atoms with E-state index in [1.165, 1.54) is 11.1 Å². The maximum atomic E-state index is 6.07. The molecule has 0 fully saturated rings. The number of hydrogen-bond acceptors (Lipinski definition) is 4. The first-order valence-electron chi connectivity index (χ1n) is 9.42. The molecule has 0 aliphatic rings. The highest BCUT2D eigenvalue weighted by atomic mass is 33.1. The van der Waals surface area contributed by atoms with Gasteiger partial charge >= 0.3 is 0 Å². The fourth-order valence-corrected chi connectivity index (χ4v) is 4.89. The maximum absolute atomic E-state index is 6.07. The quantitative estimate of drug-likeness (QED) is 0.279. The first-order chi connectivity index (χ1) is 12.8. The van der Waals surface area contributed by atoms with Crippen LogP contribution in [0.1, 0.15) is 50.0 Å². The van der Waals surface area contributed by atoms with E-state index in [1.807, 2.05) is 21.6 Å². The van der Waals surface area contributed by atoms with Crippen LogP contribution in [-0.4, -0.2) is 24.7 Å². The fourth-order valence-electron chi connectivity index (χ4n) is 2.56. The molecule has 2 nitrogen and oxygen atoms in total. The van der Waals surface area contributed by atoms with Gasteiger partial charge in [-0.3, -0.25) is 0 Å². The SMILES string of the molecule is CCCOC(CSSCC(OCCC)c1ccccc1)c1ccccc1.